The van der Waals surface area contributed by atoms with E-state index in [1.165, 1.54) is 5.56 Å². The van der Waals surface area contributed by atoms with Crippen LogP contribution in [0.5, 0.6) is 5.75 Å². The first-order valence-electron chi connectivity index (χ1n) is 8.89. The highest BCUT2D eigenvalue weighted by Gasteiger charge is 2.24. The van der Waals surface area contributed by atoms with Crippen molar-refractivity contribution in [3.8, 4) is 17.6 Å². The van der Waals surface area contributed by atoms with Crippen LogP contribution >= 0.6 is 19.2 Å². The fraction of sp³-hybridized carbons (Fsp3) is 0.400. The number of rotatable bonds is 9. The first kappa shape index (κ1) is 22.6. The molecule has 0 radical (unpaired) electrons. The first-order valence-corrected chi connectivity index (χ1v) is 11.2. The molecule has 1 heterocycles. The third-order valence-corrected chi connectivity index (χ3v) is 5.42. The van der Waals surface area contributed by atoms with Gasteiger partial charge in [0.1, 0.15) is 5.75 Å². The lowest BCUT2D eigenvalue weighted by Crippen LogP contribution is -2.41. The van der Waals surface area contributed by atoms with Crippen molar-refractivity contribution in [2.45, 2.75) is 38.6 Å². The average Bonchev–Trinajstić information content (AvgIpc) is 3.07. The summed E-state index contributed by atoms with van der Waals surface area (Å²) < 4.78 is 21.0. The molecule has 8 heteroatoms. The van der Waals surface area contributed by atoms with Gasteiger partial charge in [-0.3, -0.25) is 4.52 Å². The van der Waals surface area contributed by atoms with E-state index in [0.717, 1.165) is 15.5 Å². The number of hydrogen-bond donors (Lipinski definition) is 3. The van der Waals surface area contributed by atoms with E-state index in [1.54, 1.807) is 18.3 Å². The van der Waals surface area contributed by atoms with Gasteiger partial charge in [-0.2, -0.15) is 0 Å². The van der Waals surface area contributed by atoms with Gasteiger partial charge in [0.15, 0.2) is 0 Å². The van der Waals surface area contributed by atoms with Crippen LogP contribution in [0.25, 0.3) is 0 Å². The fourth-order valence-electron chi connectivity index (χ4n) is 2.30. The smallest absolute Gasteiger partial charge is 0.469 e. The number of phosphoric ester groups is 1. The van der Waals surface area contributed by atoms with Crippen LogP contribution in [0.15, 0.2) is 36.4 Å². The molecule has 0 aliphatic carbocycles. The Morgan fingerprint density at radius 3 is 2.61 bits per heavy atom. The molecule has 2 aromatic rings. The molecule has 6 nitrogen and oxygen atoms in total. The molecule has 1 aromatic heterocycles. The van der Waals surface area contributed by atoms with Crippen LogP contribution in [0.3, 0.4) is 0 Å². The topological polar surface area (TPSA) is 102 Å². The quantitative estimate of drug-likeness (QED) is 0.323. The molecular formula is C20H26NO5PS. The summed E-state index contributed by atoms with van der Waals surface area (Å²) in [5.74, 6) is 7.09. The number of benzene rings is 1. The minimum Gasteiger partial charge on any atom is -0.493 e. The van der Waals surface area contributed by atoms with E-state index < -0.39 is 13.4 Å². The minimum atomic E-state index is -4.50. The second-order valence-corrected chi connectivity index (χ2v) is 9.30. The molecular weight excluding hydrogens is 397 g/mol. The molecule has 0 saturated carbocycles. The van der Waals surface area contributed by atoms with Crippen molar-refractivity contribution in [2.75, 3.05) is 13.2 Å². The zero-order valence-corrected chi connectivity index (χ0v) is 17.8. The molecule has 1 unspecified atom stereocenters. The molecule has 2 rings (SSSR count). The lowest BCUT2D eigenvalue weighted by molar-refractivity contribution is 0.154. The second kappa shape index (κ2) is 10.2. The van der Waals surface area contributed by atoms with Crippen molar-refractivity contribution in [2.24, 2.45) is 5.73 Å². The van der Waals surface area contributed by atoms with Gasteiger partial charge >= 0.3 is 7.82 Å². The summed E-state index contributed by atoms with van der Waals surface area (Å²) in [6.45, 7) is 4.09. The Bertz CT molecular complexity index is 861. The summed E-state index contributed by atoms with van der Waals surface area (Å²) in [5.41, 5.74) is 6.43. The summed E-state index contributed by atoms with van der Waals surface area (Å²) in [6, 6.07) is 11.9. The van der Waals surface area contributed by atoms with Crippen LogP contribution in [0, 0.1) is 18.8 Å². The van der Waals surface area contributed by atoms with Crippen molar-refractivity contribution >= 4 is 19.2 Å². The Balaban J connectivity index is 1.74. The maximum absolute atomic E-state index is 10.8. The molecule has 1 atom stereocenters. The molecule has 0 spiro atoms. The van der Waals surface area contributed by atoms with Gasteiger partial charge in [-0.25, -0.2) is 4.57 Å². The average molecular weight is 423 g/mol. The monoisotopic (exact) mass is 423 g/mol. The highest BCUT2D eigenvalue weighted by molar-refractivity contribution is 7.46. The Morgan fingerprint density at radius 2 is 1.93 bits per heavy atom. The summed E-state index contributed by atoms with van der Waals surface area (Å²) in [6.07, 6.45) is 1.88. The molecule has 0 aliphatic heterocycles. The third-order valence-electron chi connectivity index (χ3n) is 3.89. The molecule has 4 N–H and O–H groups in total. The number of aryl methyl sites for hydroxylation is 2. The SMILES string of the molecule is Cc1ccc(OCCC#Cc2ccc(CCC(C)(N)COP(=O)(O)O)s2)cc1. The first-order chi connectivity index (χ1) is 13.1. The number of hydrogen-bond acceptors (Lipinski definition) is 5. The van der Waals surface area contributed by atoms with Gasteiger partial charge in [0.2, 0.25) is 0 Å². The van der Waals surface area contributed by atoms with Crippen molar-refractivity contribution < 1.29 is 23.6 Å². The van der Waals surface area contributed by atoms with Crippen molar-refractivity contribution in [1.82, 2.24) is 0 Å². The third kappa shape index (κ3) is 9.03. The predicted molar refractivity (Wildman–Crippen MR) is 111 cm³/mol. The molecule has 0 bridgehead atoms. The van der Waals surface area contributed by atoms with Crippen molar-refractivity contribution in [1.29, 1.82) is 0 Å². The van der Waals surface area contributed by atoms with E-state index in [0.29, 0.717) is 25.9 Å². The van der Waals surface area contributed by atoms with Gasteiger partial charge in [0, 0.05) is 16.8 Å². The van der Waals surface area contributed by atoms with Gasteiger partial charge in [0.05, 0.1) is 18.1 Å². The van der Waals surface area contributed by atoms with Crippen molar-refractivity contribution in [3.63, 3.8) is 0 Å². The second-order valence-electron chi connectivity index (χ2n) is 6.90. The predicted octanol–water partition coefficient (Wildman–Crippen LogP) is 3.64. The maximum atomic E-state index is 10.8. The largest absolute Gasteiger partial charge is 0.493 e. The molecule has 0 fully saturated rings. The van der Waals surface area contributed by atoms with Gasteiger partial charge in [-0.15, -0.1) is 11.3 Å². The van der Waals surface area contributed by atoms with Crippen LogP contribution in [0.4, 0.5) is 0 Å². The van der Waals surface area contributed by atoms with Crippen LogP contribution < -0.4 is 10.5 Å². The molecule has 1 aromatic carbocycles. The number of ether oxygens (including phenoxy) is 1. The van der Waals surface area contributed by atoms with Crippen LogP contribution in [0.2, 0.25) is 0 Å². The molecule has 152 valence electrons. The van der Waals surface area contributed by atoms with Crippen LogP contribution in [-0.4, -0.2) is 28.5 Å². The van der Waals surface area contributed by atoms with E-state index in [9.17, 15) is 4.57 Å². The van der Waals surface area contributed by atoms with Gasteiger partial charge in [-0.1, -0.05) is 29.5 Å². The standard InChI is InChI=1S/C20H26NO5PS/c1-16-6-8-17(9-7-16)25-14-4-3-5-18-10-11-19(28-18)12-13-20(2,21)15-26-27(22,23)24/h6-11H,4,12-15,21H2,1-2H3,(H2,22,23,24). The molecule has 28 heavy (non-hydrogen) atoms. The Hall–Kier alpha value is -1.65. The lowest BCUT2D eigenvalue weighted by Gasteiger charge is -2.24. The summed E-state index contributed by atoms with van der Waals surface area (Å²) in [7, 11) is -4.50. The maximum Gasteiger partial charge on any atom is 0.469 e. The zero-order chi connectivity index (χ0) is 20.6. The van der Waals surface area contributed by atoms with E-state index in [-0.39, 0.29) is 6.61 Å². The fourth-order valence-corrected chi connectivity index (χ4v) is 3.64. The highest BCUT2D eigenvalue weighted by Crippen LogP contribution is 2.37. The van der Waals surface area contributed by atoms with Crippen LogP contribution in [0.1, 0.15) is 35.1 Å². The number of thiophene rings is 1. The van der Waals surface area contributed by atoms with Gasteiger partial charge in [0.25, 0.3) is 0 Å². The molecule has 0 aliphatic rings. The highest BCUT2D eigenvalue weighted by atomic mass is 32.1. The Labute approximate surface area is 169 Å². The van der Waals surface area contributed by atoms with E-state index in [4.69, 9.17) is 20.3 Å². The number of phosphoric acid groups is 1. The number of nitrogens with two attached hydrogens (primary N) is 1. The Kier molecular flexibility index (Phi) is 8.26. The van der Waals surface area contributed by atoms with E-state index in [2.05, 4.69) is 16.4 Å². The summed E-state index contributed by atoms with van der Waals surface area (Å²) in [5, 5.41) is 0. The van der Waals surface area contributed by atoms with E-state index in [1.807, 2.05) is 43.3 Å². The van der Waals surface area contributed by atoms with Gasteiger partial charge < -0.3 is 20.3 Å². The normalized spacial score (nSPS) is 13.5. The zero-order valence-electron chi connectivity index (χ0n) is 16.1. The Morgan fingerprint density at radius 1 is 1.21 bits per heavy atom. The van der Waals surface area contributed by atoms with Gasteiger partial charge in [-0.05, 0) is 51.0 Å². The lowest BCUT2D eigenvalue weighted by atomic mass is 9.98. The summed E-state index contributed by atoms with van der Waals surface area (Å²) >= 11 is 1.59. The van der Waals surface area contributed by atoms with E-state index >= 15 is 0 Å². The molecule has 0 amide bonds. The van der Waals surface area contributed by atoms with Crippen LogP contribution in [-0.2, 0) is 15.5 Å². The summed E-state index contributed by atoms with van der Waals surface area (Å²) in [4.78, 5) is 19.6. The molecule has 0 saturated heterocycles. The van der Waals surface area contributed by atoms with Crippen molar-refractivity contribution in [3.05, 3.63) is 51.7 Å². The minimum absolute atomic E-state index is 0.198.